The molecule has 0 fully saturated rings. The van der Waals surface area contributed by atoms with Crippen molar-refractivity contribution < 1.29 is 0 Å². The van der Waals surface area contributed by atoms with Crippen molar-refractivity contribution in [1.29, 1.82) is 0 Å². The highest BCUT2D eigenvalue weighted by Crippen LogP contribution is 2.30. The van der Waals surface area contributed by atoms with Crippen molar-refractivity contribution in [2.24, 2.45) is 0 Å². The first kappa shape index (κ1) is 14.4. The molecular weight excluding hydrogens is 349 g/mol. The Morgan fingerprint density at radius 3 is 2.68 bits per heavy atom. The molecule has 0 radical (unpaired) electrons. The fraction of sp³-hybridized carbons (Fsp3) is 0.154. The third kappa shape index (κ3) is 3.53. The van der Waals surface area contributed by atoms with E-state index in [0.717, 1.165) is 10.0 Å². The van der Waals surface area contributed by atoms with Crippen molar-refractivity contribution in [2.75, 3.05) is 11.1 Å². The third-order valence-electron chi connectivity index (χ3n) is 2.64. The second-order valence-corrected chi connectivity index (χ2v) is 5.83. The fourth-order valence-corrected chi connectivity index (χ4v) is 2.75. The molecular formula is C13H12BrCl2N3. The topological polar surface area (TPSA) is 50.9 Å². The Morgan fingerprint density at radius 1 is 1.32 bits per heavy atom. The predicted octanol–water partition coefficient (Wildman–Crippen LogP) is 4.91. The Balaban J connectivity index is 2.23. The molecule has 0 amide bonds. The number of nitrogens with zero attached hydrogens (tertiary/aromatic N) is 1. The van der Waals surface area contributed by atoms with E-state index in [1.807, 2.05) is 19.1 Å². The lowest BCUT2D eigenvalue weighted by atomic mass is 10.1. The first-order chi connectivity index (χ1) is 8.97. The van der Waals surface area contributed by atoms with Gasteiger partial charge < -0.3 is 11.1 Å². The molecule has 1 atom stereocenters. The summed E-state index contributed by atoms with van der Waals surface area (Å²) in [6.07, 6.45) is 1.60. The lowest BCUT2D eigenvalue weighted by molar-refractivity contribution is 0.873. The number of aromatic nitrogens is 1. The number of halogens is 3. The molecule has 6 heteroatoms. The van der Waals surface area contributed by atoms with Crippen molar-refractivity contribution >= 4 is 50.6 Å². The summed E-state index contributed by atoms with van der Waals surface area (Å²) in [4.78, 5) is 4.24. The summed E-state index contributed by atoms with van der Waals surface area (Å²) >= 11 is 15.5. The Morgan fingerprint density at radius 2 is 2.05 bits per heavy atom. The monoisotopic (exact) mass is 359 g/mol. The van der Waals surface area contributed by atoms with E-state index in [2.05, 4.69) is 26.2 Å². The number of nitrogens with one attached hydrogen (secondary N) is 1. The molecule has 3 N–H and O–H groups in total. The fourth-order valence-electron chi connectivity index (χ4n) is 1.69. The maximum atomic E-state index is 6.18. The summed E-state index contributed by atoms with van der Waals surface area (Å²) in [6.45, 7) is 2.00. The SMILES string of the molecule is CC(Nc1ncc(N)cc1Br)c1ccc(Cl)cc1Cl. The van der Waals surface area contributed by atoms with Gasteiger partial charge in [0.15, 0.2) is 0 Å². The van der Waals surface area contributed by atoms with Gasteiger partial charge in [0.1, 0.15) is 5.82 Å². The van der Waals surface area contributed by atoms with Gasteiger partial charge in [-0.25, -0.2) is 4.98 Å². The molecule has 0 saturated heterocycles. The van der Waals surface area contributed by atoms with Crippen molar-refractivity contribution in [3.8, 4) is 0 Å². The first-order valence-corrected chi connectivity index (χ1v) is 7.15. The van der Waals surface area contributed by atoms with E-state index < -0.39 is 0 Å². The van der Waals surface area contributed by atoms with E-state index in [-0.39, 0.29) is 6.04 Å². The van der Waals surface area contributed by atoms with E-state index in [1.54, 1.807) is 18.3 Å². The normalized spacial score (nSPS) is 12.2. The highest BCUT2D eigenvalue weighted by atomic mass is 79.9. The molecule has 1 aromatic heterocycles. The van der Waals surface area contributed by atoms with Crippen LogP contribution in [0.1, 0.15) is 18.5 Å². The summed E-state index contributed by atoms with van der Waals surface area (Å²) < 4.78 is 0.810. The molecule has 0 aliphatic heterocycles. The van der Waals surface area contributed by atoms with Gasteiger partial charge in [0.25, 0.3) is 0 Å². The summed E-state index contributed by atoms with van der Waals surface area (Å²) in [5, 5.41) is 4.52. The number of pyridine rings is 1. The minimum absolute atomic E-state index is 0.00260. The highest BCUT2D eigenvalue weighted by Gasteiger charge is 2.12. The van der Waals surface area contributed by atoms with Crippen LogP contribution in [-0.2, 0) is 0 Å². The first-order valence-electron chi connectivity index (χ1n) is 5.60. The molecule has 1 heterocycles. The lowest BCUT2D eigenvalue weighted by Gasteiger charge is -2.17. The minimum Gasteiger partial charge on any atom is -0.397 e. The van der Waals surface area contributed by atoms with E-state index >= 15 is 0 Å². The average Bonchev–Trinajstić information content (AvgIpc) is 2.32. The maximum absolute atomic E-state index is 6.18. The van der Waals surface area contributed by atoms with Gasteiger partial charge >= 0.3 is 0 Å². The molecule has 2 rings (SSSR count). The van der Waals surface area contributed by atoms with Crippen LogP contribution in [0, 0.1) is 0 Å². The number of hydrogen-bond donors (Lipinski definition) is 2. The van der Waals surface area contributed by atoms with Gasteiger partial charge in [0.2, 0.25) is 0 Å². The second-order valence-electron chi connectivity index (χ2n) is 4.13. The average molecular weight is 361 g/mol. The van der Waals surface area contributed by atoms with Crippen molar-refractivity contribution in [3.05, 3.63) is 50.5 Å². The van der Waals surface area contributed by atoms with Crippen molar-refractivity contribution in [2.45, 2.75) is 13.0 Å². The molecule has 0 saturated carbocycles. The molecule has 3 nitrogen and oxygen atoms in total. The number of nitrogens with two attached hydrogens (primary N) is 1. The molecule has 1 unspecified atom stereocenters. The quantitative estimate of drug-likeness (QED) is 0.817. The minimum atomic E-state index is -0.00260. The molecule has 0 aliphatic rings. The molecule has 0 aliphatic carbocycles. The van der Waals surface area contributed by atoms with E-state index in [4.69, 9.17) is 28.9 Å². The van der Waals surface area contributed by atoms with Crippen LogP contribution in [0.3, 0.4) is 0 Å². The molecule has 100 valence electrons. The zero-order chi connectivity index (χ0) is 14.0. The Kier molecular flexibility index (Phi) is 4.55. The van der Waals surface area contributed by atoms with E-state index in [0.29, 0.717) is 21.6 Å². The van der Waals surface area contributed by atoms with Gasteiger partial charge in [-0.1, -0.05) is 29.3 Å². The number of benzene rings is 1. The van der Waals surface area contributed by atoms with Crippen LogP contribution >= 0.6 is 39.1 Å². The summed E-state index contributed by atoms with van der Waals surface area (Å²) in [5.74, 6) is 0.715. The Bertz CT molecular complexity index is 604. The molecule has 0 bridgehead atoms. The van der Waals surface area contributed by atoms with Crippen LogP contribution < -0.4 is 11.1 Å². The Labute approximate surface area is 130 Å². The molecule has 1 aromatic carbocycles. The maximum Gasteiger partial charge on any atom is 0.140 e. The van der Waals surface area contributed by atoms with Gasteiger partial charge in [-0.3, -0.25) is 0 Å². The third-order valence-corrected chi connectivity index (χ3v) is 3.81. The summed E-state index contributed by atoms with van der Waals surface area (Å²) in [6, 6.07) is 7.23. The number of hydrogen-bond acceptors (Lipinski definition) is 3. The predicted molar refractivity (Wildman–Crippen MR) is 84.8 cm³/mol. The smallest absolute Gasteiger partial charge is 0.140 e. The molecule has 2 aromatic rings. The van der Waals surface area contributed by atoms with Crippen LogP contribution in [0.15, 0.2) is 34.9 Å². The van der Waals surface area contributed by atoms with Crippen LogP contribution in [0.2, 0.25) is 10.0 Å². The van der Waals surface area contributed by atoms with Crippen LogP contribution in [0.5, 0.6) is 0 Å². The standard InChI is InChI=1S/C13H12BrCl2N3/c1-7(10-3-2-8(15)4-12(10)16)19-13-11(14)5-9(17)6-18-13/h2-7H,17H2,1H3,(H,18,19). The second kappa shape index (κ2) is 5.99. The van der Waals surface area contributed by atoms with Crippen LogP contribution in [0.4, 0.5) is 11.5 Å². The van der Waals surface area contributed by atoms with Gasteiger partial charge in [0.05, 0.1) is 22.4 Å². The van der Waals surface area contributed by atoms with Gasteiger partial charge in [-0.05, 0) is 46.6 Å². The van der Waals surface area contributed by atoms with Gasteiger partial charge in [-0.15, -0.1) is 0 Å². The number of anilines is 2. The Hall–Kier alpha value is -0.970. The van der Waals surface area contributed by atoms with Crippen LogP contribution in [-0.4, -0.2) is 4.98 Å². The molecule has 19 heavy (non-hydrogen) atoms. The summed E-state index contributed by atoms with van der Waals surface area (Å²) in [7, 11) is 0. The highest BCUT2D eigenvalue weighted by molar-refractivity contribution is 9.10. The van der Waals surface area contributed by atoms with Crippen LogP contribution in [0.25, 0.3) is 0 Å². The largest absolute Gasteiger partial charge is 0.397 e. The van der Waals surface area contributed by atoms with Gasteiger partial charge in [-0.2, -0.15) is 0 Å². The number of nitrogen functional groups attached to an aromatic ring is 1. The van der Waals surface area contributed by atoms with E-state index in [9.17, 15) is 0 Å². The zero-order valence-electron chi connectivity index (χ0n) is 10.1. The van der Waals surface area contributed by atoms with Crippen molar-refractivity contribution in [3.63, 3.8) is 0 Å². The van der Waals surface area contributed by atoms with E-state index in [1.165, 1.54) is 0 Å². The number of rotatable bonds is 3. The zero-order valence-corrected chi connectivity index (χ0v) is 13.2. The van der Waals surface area contributed by atoms with Gasteiger partial charge in [0, 0.05) is 10.0 Å². The van der Waals surface area contributed by atoms with Crippen molar-refractivity contribution in [1.82, 2.24) is 4.98 Å². The molecule has 0 spiro atoms. The summed E-state index contributed by atoms with van der Waals surface area (Å²) in [5.41, 5.74) is 7.22. The lowest BCUT2D eigenvalue weighted by Crippen LogP contribution is -2.09.